The zero-order valence-electron chi connectivity index (χ0n) is 12.3. The maximum absolute atomic E-state index is 11.3. The molecule has 3 aromatic carbocycles. The van der Waals surface area contributed by atoms with Crippen molar-refractivity contribution >= 4 is 28.1 Å². The molecule has 0 fully saturated rings. The van der Waals surface area contributed by atoms with Crippen molar-refractivity contribution in [1.82, 2.24) is 0 Å². The average molecular weight is 291 g/mol. The first-order valence-corrected chi connectivity index (χ1v) is 7.30. The molecule has 0 unspecified atom stereocenters. The number of benzene rings is 3. The second kappa shape index (κ2) is 5.90. The maximum atomic E-state index is 11.3. The zero-order chi connectivity index (χ0) is 15.5. The van der Waals surface area contributed by atoms with Crippen molar-refractivity contribution in [2.24, 2.45) is 0 Å². The van der Waals surface area contributed by atoms with Crippen LogP contribution in [-0.4, -0.2) is 11.1 Å². The van der Waals surface area contributed by atoms with Crippen molar-refractivity contribution in [2.45, 2.75) is 13.3 Å². The summed E-state index contributed by atoms with van der Waals surface area (Å²) < 4.78 is 0. The average Bonchev–Trinajstić information content (AvgIpc) is 2.55. The Morgan fingerprint density at radius 1 is 0.909 bits per heavy atom. The fraction of sp³-hybridized carbons (Fsp3) is 0.105. The summed E-state index contributed by atoms with van der Waals surface area (Å²) in [6.45, 7) is 2.13. The number of carboxylic acid groups (broad SMARTS) is 1. The molecule has 3 nitrogen and oxygen atoms in total. The first-order chi connectivity index (χ1) is 10.7. The lowest BCUT2D eigenvalue weighted by atomic mass is 10.0. The molecule has 0 bridgehead atoms. The fourth-order valence-corrected chi connectivity index (χ4v) is 2.70. The van der Waals surface area contributed by atoms with E-state index in [1.54, 1.807) is 18.2 Å². The minimum absolute atomic E-state index is 0.270. The van der Waals surface area contributed by atoms with Gasteiger partial charge in [0.05, 0.1) is 11.3 Å². The molecule has 0 aromatic heterocycles. The van der Waals surface area contributed by atoms with Crippen LogP contribution in [0.15, 0.2) is 60.7 Å². The third kappa shape index (κ3) is 2.53. The van der Waals surface area contributed by atoms with Crippen LogP contribution in [0.25, 0.3) is 10.8 Å². The molecule has 0 aliphatic carbocycles. The van der Waals surface area contributed by atoms with E-state index in [1.165, 1.54) is 10.9 Å². The number of aryl methyl sites for hydroxylation is 1. The number of anilines is 2. The van der Waals surface area contributed by atoms with Gasteiger partial charge in [-0.3, -0.25) is 0 Å². The van der Waals surface area contributed by atoms with Gasteiger partial charge in [0.15, 0.2) is 0 Å². The van der Waals surface area contributed by atoms with Crippen LogP contribution < -0.4 is 5.32 Å². The number of hydrogen-bond donors (Lipinski definition) is 2. The van der Waals surface area contributed by atoms with Gasteiger partial charge in [-0.15, -0.1) is 0 Å². The van der Waals surface area contributed by atoms with Gasteiger partial charge in [0, 0.05) is 11.1 Å². The molecule has 0 spiro atoms. The monoisotopic (exact) mass is 291 g/mol. The molecule has 0 aliphatic heterocycles. The Labute approximate surface area is 129 Å². The molecule has 0 saturated carbocycles. The molecular weight excluding hydrogens is 274 g/mol. The summed E-state index contributed by atoms with van der Waals surface area (Å²) in [5, 5.41) is 14.9. The van der Waals surface area contributed by atoms with E-state index in [-0.39, 0.29) is 5.56 Å². The van der Waals surface area contributed by atoms with Gasteiger partial charge in [-0.05, 0) is 35.6 Å². The largest absolute Gasteiger partial charge is 0.478 e. The van der Waals surface area contributed by atoms with Crippen molar-refractivity contribution < 1.29 is 9.90 Å². The van der Waals surface area contributed by atoms with Crippen LogP contribution in [0.2, 0.25) is 0 Å². The molecule has 0 atom stereocenters. The van der Waals surface area contributed by atoms with E-state index in [0.717, 1.165) is 17.5 Å². The van der Waals surface area contributed by atoms with Crippen LogP contribution in [0.4, 0.5) is 11.4 Å². The second-order valence-corrected chi connectivity index (χ2v) is 5.15. The summed E-state index contributed by atoms with van der Waals surface area (Å²) in [7, 11) is 0. The minimum Gasteiger partial charge on any atom is -0.478 e. The molecule has 0 saturated heterocycles. The third-order valence-corrected chi connectivity index (χ3v) is 3.82. The van der Waals surface area contributed by atoms with Crippen LogP contribution in [0.3, 0.4) is 0 Å². The van der Waals surface area contributed by atoms with Gasteiger partial charge in [-0.2, -0.15) is 0 Å². The van der Waals surface area contributed by atoms with Gasteiger partial charge in [0.25, 0.3) is 0 Å². The lowest BCUT2D eigenvalue weighted by molar-refractivity contribution is 0.0698. The van der Waals surface area contributed by atoms with Gasteiger partial charge >= 0.3 is 5.97 Å². The van der Waals surface area contributed by atoms with Crippen molar-refractivity contribution in [3.05, 3.63) is 71.8 Å². The standard InChI is InChI=1S/C19H17NO2/c1-2-13-11-12-18(15-8-4-3-7-14(13)15)20-17-10-6-5-9-16(17)19(21)22/h3-12,20H,2H2,1H3,(H,21,22). The predicted octanol–water partition coefficient (Wildman–Crippen LogP) is 4.84. The highest BCUT2D eigenvalue weighted by Crippen LogP contribution is 2.30. The molecule has 3 rings (SSSR count). The molecule has 22 heavy (non-hydrogen) atoms. The molecule has 3 heteroatoms. The molecule has 110 valence electrons. The number of hydrogen-bond acceptors (Lipinski definition) is 2. The number of nitrogens with one attached hydrogen (secondary N) is 1. The normalized spacial score (nSPS) is 10.6. The Bertz CT molecular complexity index is 840. The molecule has 0 amide bonds. The number of carboxylic acids is 1. The van der Waals surface area contributed by atoms with E-state index in [4.69, 9.17) is 0 Å². The summed E-state index contributed by atoms with van der Waals surface area (Å²) in [6.07, 6.45) is 0.965. The Morgan fingerprint density at radius 3 is 2.32 bits per heavy atom. The Balaban J connectivity index is 2.11. The van der Waals surface area contributed by atoms with Crippen molar-refractivity contribution in [3.8, 4) is 0 Å². The Kier molecular flexibility index (Phi) is 3.79. The number of para-hydroxylation sites is 1. The highest BCUT2D eigenvalue weighted by molar-refractivity contribution is 6.00. The first-order valence-electron chi connectivity index (χ1n) is 7.30. The van der Waals surface area contributed by atoms with Crippen molar-refractivity contribution in [1.29, 1.82) is 0 Å². The lowest BCUT2D eigenvalue weighted by Crippen LogP contribution is -2.02. The summed E-state index contributed by atoms with van der Waals surface area (Å²) >= 11 is 0. The molecule has 2 N–H and O–H groups in total. The fourth-order valence-electron chi connectivity index (χ4n) is 2.70. The number of rotatable bonds is 4. The van der Waals surface area contributed by atoms with Gasteiger partial charge in [-0.25, -0.2) is 4.79 Å². The van der Waals surface area contributed by atoms with E-state index in [2.05, 4.69) is 30.4 Å². The van der Waals surface area contributed by atoms with Crippen LogP contribution in [0, 0.1) is 0 Å². The van der Waals surface area contributed by atoms with E-state index >= 15 is 0 Å². The smallest absolute Gasteiger partial charge is 0.337 e. The SMILES string of the molecule is CCc1ccc(Nc2ccccc2C(=O)O)c2ccccc12. The third-order valence-electron chi connectivity index (χ3n) is 3.82. The molecule has 0 heterocycles. The van der Waals surface area contributed by atoms with Crippen LogP contribution in [-0.2, 0) is 6.42 Å². The van der Waals surface area contributed by atoms with E-state index < -0.39 is 5.97 Å². The summed E-state index contributed by atoms with van der Waals surface area (Å²) in [5.74, 6) is -0.933. The van der Waals surface area contributed by atoms with Gasteiger partial charge in [0.2, 0.25) is 0 Å². The Morgan fingerprint density at radius 2 is 1.59 bits per heavy atom. The zero-order valence-corrected chi connectivity index (χ0v) is 12.3. The summed E-state index contributed by atoms with van der Waals surface area (Å²) in [4.78, 5) is 11.3. The number of aromatic carboxylic acids is 1. The number of carbonyl (C=O) groups is 1. The van der Waals surface area contributed by atoms with E-state index in [9.17, 15) is 9.90 Å². The molecule has 3 aromatic rings. The molecule has 0 aliphatic rings. The second-order valence-electron chi connectivity index (χ2n) is 5.15. The van der Waals surface area contributed by atoms with Crippen LogP contribution in [0.5, 0.6) is 0 Å². The number of fused-ring (bicyclic) bond motifs is 1. The Hall–Kier alpha value is -2.81. The lowest BCUT2D eigenvalue weighted by Gasteiger charge is -2.14. The minimum atomic E-state index is -0.933. The maximum Gasteiger partial charge on any atom is 0.337 e. The quantitative estimate of drug-likeness (QED) is 0.723. The highest BCUT2D eigenvalue weighted by Gasteiger charge is 2.11. The molecule has 0 radical (unpaired) electrons. The first kappa shape index (κ1) is 14.1. The summed E-state index contributed by atoms with van der Waals surface area (Å²) in [5.41, 5.74) is 3.07. The van der Waals surface area contributed by atoms with Crippen molar-refractivity contribution in [2.75, 3.05) is 5.32 Å². The van der Waals surface area contributed by atoms with Crippen LogP contribution in [0.1, 0.15) is 22.8 Å². The van der Waals surface area contributed by atoms with Gasteiger partial charge < -0.3 is 10.4 Å². The molecular formula is C19H17NO2. The van der Waals surface area contributed by atoms with E-state index in [0.29, 0.717) is 5.69 Å². The van der Waals surface area contributed by atoms with Crippen LogP contribution >= 0.6 is 0 Å². The van der Waals surface area contributed by atoms with Crippen molar-refractivity contribution in [3.63, 3.8) is 0 Å². The van der Waals surface area contributed by atoms with Gasteiger partial charge in [-0.1, -0.05) is 49.4 Å². The summed E-state index contributed by atoms with van der Waals surface area (Å²) in [6, 6.07) is 19.2. The van der Waals surface area contributed by atoms with E-state index in [1.807, 2.05) is 24.3 Å². The van der Waals surface area contributed by atoms with Gasteiger partial charge in [0.1, 0.15) is 0 Å². The predicted molar refractivity (Wildman–Crippen MR) is 90.0 cm³/mol. The highest BCUT2D eigenvalue weighted by atomic mass is 16.4. The topological polar surface area (TPSA) is 49.3 Å².